The highest BCUT2D eigenvalue weighted by molar-refractivity contribution is 7.90. The van der Waals surface area contributed by atoms with E-state index < -0.39 is 10.0 Å². The number of hydrogen-bond donors (Lipinski definition) is 0. The van der Waals surface area contributed by atoms with Crippen LogP contribution in [-0.2, 0) is 14.8 Å². The molecule has 8 heteroatoms. The van der Waals surface area contributed by atoms with Crippen LogP contribution in [0, 0.1) is 6.92 Å². The summed E-state index contributed by atoms with van der Waals surface area (Å²) >= 11 is 6.30. The van der Waals surface area contributed by atoms with Crippen LogP contribution >= 0.6 is 11.6 Å². The molecule has 0 saturated carbocycles. The molecule has 0 radical (unpaired) electrons. The molecule has 1 fully saturated rings. The summed E-state index contributed by atoms with van der Waals surface area (Å²) in [5.41, 5.74) is 5.35. The Kier molecular flexibility index (Phi) is 5.71. The summed E-state index contributed by atoms with van der Waals surface area (Å²) in [5.74, 6) is 0. The number of aryl methyl sites for hydroxylation is 1. The maximum atomic E-state index is 13.7. The lowest BCUT2D eigenvalue weighted by Gasteiger charge is -2.29. The van der Waals surface area contributed by atoms with Crippen molar-refractivity contribution in [2.75, 3.05) is 31.2 Å². The summed E-state index contributed by atoms with van der Waals surface area (Å²) in [6.45, 7) is 5.35. The zero-order chi connectivity index (χ0) is 24.9. The van der Waals surface area contributed by atoms with Gasteiger partial charge in [-0.05, 0) is 66.1 Å². The van der Waals surface area contributed by atoms with E-state index in [4.69, 9.17) is 16.3 Å². The number of nitrogens with zero attached hydrogens (tertiary/aromatic N) is 3. The minimum Gasteiger partial charge on any atom is -0.378 e. The fraction of sp³-hybridized carbons (Fsp3) is 0.179. The minimum atomic E-state index is -3.87. The Labute approximate surface area is 214 Å². The highest BCUT2D eigenvalue weighted by Gasteiger charge is 2.24. The van der Waals surface area contributed by atoms with Crippen LogP contribution in [0.3, 0.4) is 0 Å². The number of rotatable bonds is 4. The van der Waals surface area contributed by atoms with Crippen LogP contribution in [0.25, 0.3) is 33.1 Å². The van der Waals surface area contributed by atoms with Crippen molar-refractivity contribution >= 4 is 49.2 Å². The third kappa shape index (κ3) is 3.84. The summed E-state index contributed by atoms with van der Waals surface area (Å²) in [7, 11) is -3.87. The molecule has 0 aliphatic carbocycles. The average Bonchev–Trinajstić information content (AvgIpc) is 3.23. The monoisotopic (exact) mass is 517 g/mol. The number of halogens is 1. The molecule has 2 aromatic heterocycles. The SMILES string of the molecule is Cc1cc(N2CCOCC2)ccc1-c1ccc2c(c1)c1cc(Cl)cnc1n2S(=O)(=O)c1ccccc1. The number of fused-ring (bicyclic) bond motifs is 3. The molecule has 0 bridgehead atoms. The summed E-state index contributed by atoms with van der Waals surface area (Å²) in [5, 5.41) is 1.94. The molecule has 0 unspecified atom stereocenters. The van der Waals surface area contributed by atoms with Crippen LogP contribution in [0.2, 0.25) is 5.02 Å². The first-order chi connectivity index (χ1) is 17.4. The van der Waals surface area contributed by atoms with Crippen LogP contribution in [0.15, 0.2) is 83.9 Å². The number of benzene rings is 3. The van der Waals surface area contributed by atoms with Crippen LogP contribution in [-0.4, -0.2) is 43.7 Å². The van der Waals surface area contributed by atoms with E-state index in [0.29, 0.717) is 21.6 Å². The Bertz CT molecular complexity index is 1710. The molecule has 6 rings (SSSR count). The summed E-state index contributed by atoms with van der Waals surface area (Å²) in [6.07, 6.45) is 1.48. The Balaban J connectivity index is 1.52. The second-order valence-electron chi connectivity index (χ2n) is 8.94. The first-order valence-corrected chi connectivity index (χ1v) is 13.6. The van der Waals surface area contributed by atoms with Crippen molar-refractivity contribution in [3.63, 3.8) is 0 Å². The van der Waals surface area contributed by atoms with Gasteiger partial charge in [0.15, 0.2) is 5.65 Å². The van der Waals surface area contributed by atoms with E-state index in [2.05, 4.69) is 35.0 Å². The Hall–Kier alpha value is -3.39. The lowest BCUT2D eigenvalue weighted by Crippen LogP contribution is -2.36. The Morgan fingerprint density at radius 3 is 2.44 bits per heavy atom. The van der Waals surface area contributed by atoms with Crippen molar-refractivity contribution < 1.29 is 13.2 Å². The number of hydrogen-bond acceptors (Lipinski definition) is 5. The number of aromatic nitrogens is 2. The van der Waals surface area contributed by atoms with E-state index in [-0.39, 0.29) is 4.90 Å². The second-order valence-corrected chi connectivity index (χ2v) is 11.2. The molecule has 1 aliphatic rings. The van der Waals surface area contributed by atoms with Crippen LogP contribution in [0.5, 0.6) is 0 Å². The Morgan fingerprint density at radius 2 is 1.69 bits per heavy atom. The maximum absolute atomic E-state index is 13.7. The van der Waals surface area contributed by atoms with Gasteiger partial charge in [0.2, 0.25) is 0 Å². The molecule has 5 aromatic rings. The zero-order valence-electron chi connectivity index (χ0n) is 19.7. The quantitative estimate of drug-likeness (QED) is 0.297. The van der Waals surface area contributed by atoms with E-state index in [9.17, 15) is 8.42 Å². The second kappa shape index (κ2) is 8.92. The predicted molar refractivity (Wildman–Crippen MR) is 144 cm³/mol. The van der Waals surface area contributed by atoms with Crippen molar-refractivity contribution in [2.24, 2.45) is 0 Å². The lowest BCUT2D eigenvalue weighted by atomic mass is 9.98. The molecule has 182 valence electrons. The van der Waals surface area contributed by atoms with Crippen LogP contribution < -0.4 is 4.90 Å². The third-order valence-electron chi connectivity index (χ3n) is 6.71. The topological polar surface area (TPSA) is 64.4 Å². The van der Waals surface area contributed by atoms with E-state index in [1.807, 2.05) is 18.2 Å². The van der Waals surface area contributed by atoms with Crippen LogP contribution in [0.4, 0.5) is 5.69 Å². The molecular weight excluding hydrogens is 494 g/mol. The van der Waals surface area contributed by atoms with Crippen LogP contribution in [0.1, 0.15) is 5.56 Å². The molecule has 1 saturated heterocycles. The fourth-order valence-electron chi connectivity index (χ4n) is 4.93. The Morgan fingerprint density at radius 1 is 0.917 bits per heavy atom. The summed E-state index contributed by atoms with van der Waals surface area (Å²) in [4.78, 5) is 6.97. The number of pyridine rings is 1. The molecule has 1 aliphatic heterocycles. The lowest BCUT2D eigenvalue weighted by molar-refractivity contribution is 0.122. The van der Waals surface area contributed by atoms with Crippen molar-refractivity contribution in [1.29, 1.82) is 0 Å². The minimum absolute atomic E-state index is 0.208. The van der Waals surface area contributed by atoms with Gasteiger partial charge in [-0.1, -0.05) is 41.9 Å². The van der Waals surface area contributed by atoms with Gasteiger partial charge in [0.05, 0.1) is 28.6 Å². The third-order valence-corrected chi connectivity index (χ3v) is 8.63. The van der Waals surface area contributed by atoms with E-state index >= 15 is 0 Å². The van der Waals surface area contributed by atoms with E-state index in [1.54, 1.807) is 36.4 Å². The standard InChI is InChI=1S/C28H24ClN3O3S/c1-19-15-22(31-11-13-35-14-12-31)8-9-24(19)20-7-10-27-25(16-20)26-17-21(29)18-30-28(26)32(27)36(33,34)23-5-3-2-4-6-23/h2-10,15-18H,11-14H2,1H3. The van der Waals surface area contributed by atoms with Gasteiger partial charge in [0.1, 0.15) is 0 Å². The van der Waals surface area contributed by atoms with Gasteiger partial charge in [0, 0.05) is 35.7 Å². The molecule has 0 atom stereocenters. The van der Waals surface area contributed by atoms with Crippen molar-refractivity contribution in [2.45, 2.75) is 11.8 Å². The van der Waals surface area contributed by atoms with Crippen molar-refractivity contribution in [3.8, 4) is 11.1 Å². The van der Waals surface area contributed by atoms with Gasteiger partial charge >= 0.3 is 0 Å². The van der Waals surface area contributed by atoms with Crippen molar-refractivity contribution in [1.82, 2.24) is 8.96 Å². The molecule has 3 aromatic carbocycles. The van der Waals surface area contributed by atoms with Crippen molar-refractivity contribution in [3.05, 3.63) is 89.6 Å². The summed E-state index contributed by atoms with van der Waals surface area (Å²) in [6, 6.07) is 22.5. The average molecular weight is 518 g/mol. The largest absolute Gasteiger partial charge is 0.378 e. The number of anilines is 1. The molecule has 0 amide bonds. The first-order valence-electron chi connectivity index (χ1n) is 11.8. The molecule has 36 heavy (non-hydrogen) atoms. The van der Waals surface area contributed by atoms with Gasteiger partial charge in [0.25, 0.3) is 10.0 Å². The zero-order valence-corrected chi connectivity index (χ0v) is 21.3. The number of ether oxygens (including phenoxy) is 1. The van der Waals surface area contributed by atoms with Gasteiger partial charge in [-0.25, -0.2) is 17.4 Å². The van der Waals surface area contributed by atoms with Gasteiger partial charge < -0.3 is 9.64 Å². The molecule has 6 nitrogen and oxygen atoms in total. The molecule has 3 heterocycles. The predicted octanol–water partition coefficient (Wildman–Crippen LogP) is 5.89. The maximum Gasteiger partial charge on any atom is 0.269 e. The first kappa shape index (κ1) is 23.0. The van der Waals surface area contributed by atoms with Gasteiger partial charge in [-0.15, -0.1) is 0 Å². The molecule has 0 N–H and O–H groups in total. The van der Waals surface area contributed by atoms with Gasteiger partial charge in [-0.2, -0.15) is 0 Å². The smallest absolute Gasteiger partial charge is 0.269 e. The molecule has 0 spiro atoms. The highest BCUT2D eigenvalue weighted by Crippen LogP contribution is 2.36. The van der Waals surface area contributed by atoms with E-state index in [1.165, 1.54) is 15.9 Å². The summed E-state index contributed by atoms with van der Waals surface area (Å²) < 4.78 is 34.2. The highest BCUT2D eigenvalue weighted by atomic mass is 35.5. The van der Waals surface area contributed by atoms with E-state index in [0.717, 1.165) is 48.4 Å². The normalized spacial score (nSPS) is 14.6. The molecular formula is C28H24ClN3O3S. The fourth-order valence-corrected chi connectivity index (χ4v) is 6.59. The van der Waals surface area contributed by atoms with Gasteiger partial charge in [-0.3, -0.25) is 0 Å². The number of morpholine rings is 1.